The summed E-state index contributed by atoms with van der Waals surface area (Å²) >= 11 is 0. The molecule has 0 spiro atoms. The van der Waals surface area contributed by atoms with Gasteiger partial charge in [-0.2, -0.15) is 0 Å². The summed E-state index contributed by atoms with van der Waals surface area (Å²) in [7, 11) is 0. The molecule has 0 saturated heterocycles. The van der Waals surface area contributed by atoms with Crippen LogP contribution in [-0.4, -0.2) is 24.3 Å². The molecular formula is C12H14O3. The Labute approximate surface area is 89.0 Å². The zero-order valence-corrected chi connectivity index (χ0v) is 8.48. The average molecular weight is 206 g/mol. The predicted octanol–water partition coefficient (Wildman–Crippen LogP) is 1.87. The summed E-state index contributed by atoms with van der Waals surface area (Å²) in [6.45, 7) is 3.88. The smallest absolute Gasteiger partial charge is 0.338 e. The van der Waals surface area contributed by atoms with E-state index in [9.17, 15) is 4.79 Å². The average Bonchev–Trinajstić information content (AvgIpc) is 2.29. The molecule has 0 aliphatic rings. The normalized spacial score (nSPS) is 9.67. The van der Waals surface area contributed by atoms with Gasteiger partial charge in [0.05, 0.1) is 12.2 Å². The van der Waals surface area contributed by atoms with Crippen LogP contribution in [0.4, 0.5) is 0 Å². The highest BCUT2D eigenvalue weighted by Crippen LogP contribution is 2.11. The van der Waals surface area contributed by atoms with Crippen molar-refractivity contribution < 1.29 is 14.6 Å². The van der Waals surface area contributed by atoms with Gasteiger partial charge in [-0.3, -0.25) is 0 Å². The maximum atomic E-state index is 11.5. The Balaban J connectivity index is 2.68. The SMILES string of the molecule is C=Cc1ccccc1C(=O)OCCCO. The van der Waals surface area contributed by atoms with E-state index in [0.29, 0.717) is 12.0 Å². The van der Waals surface area contributed by atoms with E-state index in [-0.39, 0.29) is 19.2 Å². The minimum absolute atomic E-state index is 0.0242. The Hall–Kier alpha value is -1.61. The quantitative estimate of drug-likeness (QED) is 0.591. The van der Waals surface area contributed by atoms with Gasteiger partial charge in [0, 0.05) is 13.0 Å². The summed E-state index contributed by atoms with van der Waals surface area (Å²) in [5, 5.41) is 8.54. The van der Waals surface area contributed by atoms with Gasteiger partial charge in [-0.15, -0.1) is 0 Å². The van der Waals surface area contributed by atoms with E-state index >= 15 is 0 Å². The molecule has 0 saturated carbocycles. The first-order chi connectivity index (χ1) is 7.29. The zero-order valence-electron chi connectivity index (χ0n) is 8.48. The summed E-state index contributed by atoms with van der Waals surface area (Å²) < 4.78 is 4.96. The van der Waals surface area contributed by atoms with Crippen LogP contribution >= 0.6 is 0 Å². The Kier molecular flexibility index (Phi) is 4.57. The van der Waals surface area contributed by atoms with Gasteiger partial charge < -0.3 is 9.84 Å². The summed E-state index contributed by atoms with van der Waals surface area (Å²) in [6, 6.07) is 7.10. The highest BCUT2D eigenvalue weighted by atomic mass is 16.5. The summed E-state index contributed by atoms with van der Waals surface area (Å²) in [5.41, 5.74) is 1.26. The molecule has 80 valence electrons. The van der Waals surface area contributed by atoms with E-state index < -0.39 is 0 Å². The number of benzene rings is 1. The lowest BCUT2D eigenvalue weighted by atomic mass is 10.1. The number of carbonyl (C=O) groups is 1. The van der Waals surface area contributed by atoms with E-state index in [1.807, 2.05) is 6.07 Å². The second kappa shape index (κ2) is 5.98. The number of carbonyl (C=O) groups excluding carboxylic acids is 1. The number of rotatable bonds is 5. The van der Waals surface area contributed by atoms with Crippen LogP contribution in [0.1, 0.15) is 22.3 Å². The lowest BCUT2D eigenvalue weighted by Gasteiger charge is -2.05. The van der Waals surface area contributed by atoms with Gasteiger partial charge in [0.15, 0.2) is 0 Å². The fourth-order valence-corrected chi connectivity index (χ4v) is 1.17. The lowest BCUT2D eigenvalue weighted by Crippen LogP contribution is -2.08. The van der Waals surface area contributed by atoms with Gasteiger partial charge in [-0.1, -0.05) is 30.9 Å². The summed E-state index contributed by atoms with van der Waals surface area (Å²) in [6.07, 6.45) is 2.07. The lowest BCUT2D eigenvalue weighted by molar-refractivity contribution is 0.0482. The molecule has 1 rings (SSSR count). The van der Waals surface area contributed by atoms with Crippen LogP contribution in [0.2, 0.25) is 0 Å². The number of ether oxygens (including phenoxy) is 1. The van der Waals surface area contributed by atoms with Gasteiger partial charge in [-0.05, 0) is 11.6 Å². The topological polar surface area (TPSA) is 46.5 Å². The standard InChI is InChI=1S/C12H14O3/c1-2-10-6-3-4-7-11(10)12(14)15-9-5-8-13/h2-4,6-7,13H,1,5,8-9H2. The van der Waals surface area contributed by atoms with E-state index in [4.69, 9.17) is 9.84 Å². The number of esters is 1. The second-order valence-corrected chi connectivity index (χ2v) is 3.00. The van der Waals surface area contributed by atoms with Gasteiger partial charge in [0.25, 0.3) is 0 Å². The third kappa shape index (κ3) is 3.22. The molecule has 1 aromatic rings. The molecule has 0 fully saturated rings. The maximum absolute atomic E-state index is 11.5. The van der Waals surface area contributed by atoms with Crippen molar-refractivity contribution in [3.8, 4) is 0 Å². The van der Waals surface area contributed by atoms with Crippen molar-refractivity contribution in [3.05, 3.63) is 42.0 Å². The molecular weight excluding hydrogens is 192 g/mol. The Bertz CT molecular complexity index is 344. The molecule has 0 aromatic heterocycles. The van der Waals surface area contributed by atoms with Gasteiger partial charge in [-0.25, -0.2) is 4.79 Å². The molecule has 0 radical (unpaired) electrons. The zero-order chi connectivity index (χ0) is 11.1. The van der Waals surface area contributed by atoms with Crippen LogP contribution in [0.25, 0.3) is 6.08 Å². The van der Waals surface area contributed by atoms with Crippen molar-refractivity contribution in [1.82, 2.24) is 0 Å². The van der Waals surface area contributed by atoms with Crippen molar-refractivity contribution >= 4 is 12.0 Å². The van der Waals surface area contributed by atoms with Gasteiger partial charge >= 0.3 is 5.97 Å². The van der Waals surface area contributed by atoms with Gasteiger partial charge in [0.1, 0.15) is 0 Å². The predicted molar refractivity (Wildman–Crippen MR) is 58.5 cm³/mol. The van der Waals surface area contributed by atoms with Crippen molar-refractivity contribution in [2.45, 2.75) is 6.42 Å². The van der Waals surface area contributed by atoms with Gasteiger partial charge in [0.2, 0.25) is 0 Å². The van der Waals surface area contributed by atoms with E-state index in [0.717, 1.165) is 5.56 Å². The minimum Gasteiger partial charge on any atom is -0.462 e. The van der Waals surface area contributed by atoms with Crippen LogP contribution in [0, 0.1) is 0 Å². The highest BCUT2D eigenvalue weighted by Gasteiger charge is 2.09. The largest absolute Gasteiger partial charge is 0.462 e. The van der Waals surface area contributed by atoms with Crippen molar-refractivity contribution in [2.24, 2.45) is 0 Å². The molecule has 0 heterocycles. The molecule has 0 unspecified atom stereocenters. The Morgan fingerprint density at radius 1 is 1.47 bits per heavy atom. The Morgan fingerprint density at radius 2 is 2.20 bits per heavy atom. The van der Waals surface area contributed by atoms with E-state index in [1.54, 1.807) is 24.3 Å². The first-order valence-corrected chi connectivity index (χ1v) is 4.79. The molecule has 0 aliphatic heterocycles. The monoisotopic (exact) mass is 206 g/mol. The summed E-state index contributed by atoms with van der Waals surface area (Å²) in [4.78, 5) is 11.5. The molecule has 1 N–H and O–H groups in total. The molecule has 0 bridgehead atoms. The van der Waals surface area contributed by atoms with Crippen LogP contribution in [0.5, 0.6) is 0 Å². The van der Waals surface area contributed by atoms with Crippen molar-refractivity contribution in [3.63, 3.8) is 0 Å². The van der Waals surface area contributed by atoms with Crippen LogP contribution in [0.15, 0.2) is 30.8 Å². The number of aliphatic hydroxyl groups excluding tert-OH is 1. The molecule has 15 heavy (non-hydrogen) atoms. The third-order valence-corrected chi connectivity index (χ3v) is 1.94. The fraction of sp³-hybridized carbons (Fsp3) is 0.250. The van der Waals surface area contributed by atoms with E-state index in [2.05, 4.69) is 6.58 Å². The first kappa shape index (κ1) is 11.5. The Morgan fingerprint density at radius 3 is 2.87 bits per heavy atom. The molecule has 0 amide bonds. The maximum Gasteiger partial charge on any atom is 0.338 e. The van der Waals surface area contributed by atoms with Crippen molar-refractivity contribution in [2.75, 3.05) is 13.2 Å². The highest BCUT2D eigenvalue weighted by molar-refractivity contribution is 5.93. The van der Waals surface area contributed by atoms with Crippen LogP contribution in [-0.2, 0) is 4.74 Å². The third-order valence-electron chi connectivity index (χ3n) is 1.94. The van der Waals surface area contributed by atoms with Crippen LogP contribution in [0.3, 0.4) is 0 Å². The van der Waals surface area contributed by atoms with Crippen molar-refractivity contribution in [1.29, 1.82) is 0 Å². The number of hydrogen-bond donors (Lipinski definition) is 1. The summed E-state index contributed by atoms with van der Waals surface area (Å²) in [5.74, 6) is -0.376. The minimum atomic E-state index is -0.376. The molecule has 3 heteroatoms. The molecule has 3 nitrogen and oxygen atoms in total. The van der Waals surface area contributed by atoms with Crippen LogP contribution < -0.4 is 0 Å². The molecule has 0 aliphatic carbocycles. The van der Waals surface area contributed by atoms with E-state index in [1.165, 1.54) is 0 Å². The first-order valence-electron chi connectivity index (χ1n) is 4.79. The number of hydrogen-bond acceptors (Lipinski definition) is 3. The fourth-order valence-electron chi connectivity index (χ4n) is 1.17. The molecule has 1 aromatic carbocycles. The second-order valence-electron chi connectivity index (χ2n) is 3.00. The molecule has 0 atom stereocenters. The number of aliphatic hydroxyl groups is 1.